The van der Waals surface area contributed by atoms with Gasteiger partial charge in [0, 0.05) is 19.6 Å². The Morgan fingerprint density at radius 3 is 2.75 bits per heavy atom. The van der Waals surface area contributed by atoms with Crippen molar-refractivity contribution in [2.45, 2.75) is 39.2 Å². The minimum Gasteiger partial charge on any atom is -0.391 e. The molecule has 0 saturated carbocycles. The van der Waals surface area contributed by atoms with Crippen LogP contribution in [0.1, 0.15) is 33.1 Å². The number of amides is 1. The van der Waals surface area contributed by atoms with Gasteiger partial charge in [-0.05, 0) is 25.2 Å². The molecule has 16 heavy (non-hydrogen) atoms. The highest BCUT2D eigenvalue weighted by Gasteiger charge is 2.27. The van der Waals surface area contributed by atoms with Crippen molar-refractivity contribution in [3.8, 4) is 0 Å². The smallest absolute Gasteiger partial charge is 0.227 e. The third-order valence-electron chi connectivity index (χ3n) is 3.10. The van der Waals surface area contributed by atoms with Gasteiger partial charge < -0.3 is 15.7 Å². The Balaban J connectivity index is 2.52. The Labute approximate surface area is 97.8 Å². The normalized spacial score (nSPS) is 23.6. The predicted molar refractivity (Wildman–Crippen MR) is 63.8 cm³/mol. The lowest BCUT2D eigenvalue weighted by Gasteiger charge is -2.33. The van der Waals surface area contributed by atoms with Crippen LogP contribution in [-0.4, -0.2) is 41.7 Å². The fourth-order valence-corrected chi connectivity index (χ4v) is 2.28. The van der Waals surface area contributed by atoms with E-state index in [2.05, 4.69) is 13.8 Å². The molecule has 3 N–H and O–H groups in total. The van der Waals surface area contributed by atoms with Gasteiger partial charge in [0.25, 0.3) is 0 Å². The number of nitrogens with two attached hydrogens (primary N) is 1. The molecule has 2 unspecified atom stereocenters. The first-order chi connectivity index (χ1) is 7.54. The van der Waals surface area contributed by atoms with E-state index in [0.29, 0.717) is 19.0 Å². The van der Waals surface area contributed by atoms with Gasteiger partial charge in [-0.3, -0.25) is 4.79 Å². The summed E-state index contributed by atoms with van der Waals surface area (Å²) in [7, 11) is 0. The van der Waals surface area contributed by atoms with Crippen molar-refractivity contribution in [1.82, 2.24) is 4.90 Å². The van der Waals surface area contributed by atoms with E-state index >= 15 is 0 Å². The lowest BCUT2D eigenvalue weighted by Crippen LogP contribution is -2.46. The average Bonchev–Trinajstić information content (AvgIpc) is 2.24. The van der Waals surface area contributed by atoms with Crippen molar-refractivity contribution in [2.24, 2.45) is 17.6 Å². The standard InChI is InChI=1S/C12H24N2O2/c1-9(2)6-10(7-13)12(16)14-5-3-4-11(15)8-14/h9-11,15H,3-8,13H2,1-2H3. The number of carbonyl (C=O) groups excluding carboxylic acids is 1. The van der Waals surface area contributed by atoms with Crippen LogP contribution in [0, 0.1) is 11.8 Å². The number of hydrogen-bond acceptors (Lipinski definition) is 3. The summed E-state index contributed by atoms with van der Waals surface area (Å²) in [6.07, 6.45) is 2.19. The number of aliphatic hydroxyl groups is 1. The molecule has 1 fully saturated rings. The SMILES string of the molecule is CC(C)CC(CN)C(=O)N1CCCC(O)C1. The van der Waals surface area contributed by atoms with Gasteiger partial charge in [-0.15, -0.1) is 0 Å². The van der Waals surface area contributed by atoms with E-state index in [1.165, 1.54) is 0 Å². The number of likely N-dealkylation sites (tertiary alicyclic amines) is 1. The highest BCUT2D eigenvalue weighted by Crippen LogP contribution is 2.17. The van der Waals surface area contributed by atoms with Crippen LogP contribution in [0.4, 0.5) is 0 Å². The van der Waals surface area contributed by atoms with Gasteiger partial charge in [0.2, 0.25) is 5.91 Å². The molecule has 0 radical (unpaired) electrons. The molecular formula is C12H24N2O2. The molecule has 0 aromatic heterocycles. The van der Waals surface area contributed by atoms with Crippen molar-refractivity contribution in [1.29, 1.82) is 0 Å². The van der Waals surface area contributed by atoms with E-state index in [1.54, 1.807) is 4.90 Å². The first kappa shape index (κ1) is 13.5. The lowest BCUT2D eigenvalue weighted by atomic mass is 9.95. The summed E-state index contributed by atoms with van der Waals surface area (Å²) in [5.74, 6) is 0.521. The maximum atomic E-state index is 12.1. The number of rotatable bonds is 4. The summed E-state index contributed by atoms with van der Waals surface area (Å²) in [5, 5.41) is 9.54. The van der Waals surface area contributed by atoms with Crippen LogP contribution in [0.3, 0.4) is 0 Å². The fraction of sp³-hybridized carbons (Fsp3) is 0.917. The second-order valence-corrected chi connectivity index (χ2v) is 5.14. The Kier molecular flexibility index (Phi) is 5.22. The molecule has 1 saturated heterocycles. The van der Waals surface area contributed by atoms with Crippen LogP contribution in [0.15, 0.2) is 0 Å². The minimum atomic E-state index is -0.352. The van der Waals surface area contributed by atoms with Crippen LogP contribution < -0.4 is 5.73 Å². The summed E-state index contributed by atoms with van der Waals surface area (Å²) in [5.41, 5.74) is 5.65. The van der Waals surface area contributed by atoms with E-state index < -0.39 is 0 Å². The molecule has 4 nitrogen and oxygen atoms in total. The van der Waals surface area contributed by atoms with E-state index in [4.69, 9.17) is 5.73 Å². The van der Waals surface area contributed by atoms with Gasteiger partial charge in [-0.25, -0.2) is 0 Å². The van der Waals surface area contributed by atoms with E-state index in [-0.39, 0.29) is 17.9 Å². The van der Waals surface area contributed by atoms with Crippen molar-refractivity contribution in [3.63, 3.8) is 0 Å². The average molecular weight is 228 g/mol. The monoisotopic (exact) mass is 228 g/mol. The number of β-amino-alcohol motifs (C(OH)–C–C–N with tert-alkyl or cyclic N) is 1. The lowest BCUT2D eigenvalue weighted by molar-refractivity contribution is -0.138. The second-order valence-electron chi connectivity index (χ2n) is 5.14. The largest absolute Gasteiger partial charge is 0.391 e. The zero-order valence-electron chi connectivity index (χ0n) is 10.4. The van der Waals surface area contributed by atoms with Crippen LogP contribution >= 0.6 is 0 Å². The molecule has 1 heterocycles. The molecule has 2 atom stereocenters. The van der Waals surface area contributed by atoms with Crippen molar-refractivity contribution in [2.75, 3.05) is 19.6 Å². The molecule has 0 aromatic carbocycles. The molecule has 1 amide bonds. The number of aliphatic hydroxyl groups excluding tert-OH is 1. The summed E-state index contributed by atoms with van der Waals surface area (Å²) in [6.45, 7) is 5.85. The molecule has 1 aliphatic rings. The van der Waals surface area contributed by atoms with Gasteiger partial charge in [0.15, 0.2) is 0 Å². The number of nitrogens with zero attached hydrogens (tertiary/aromatic N) is 1. The van der Waals surface area contributed by atoms with Gasteiger partial charge in [-0.1, -0.05) is 13.8 Å². The molecular weight excluding hydrogens is 204 g/mol. The molecule has 0 bridgehead atoms. The first-order valence-corrected chi connectivity index (χ1v) is 6.21. The second kappa shape index (κ2) is 6.21. The highest BCUT2D eigenvalue weighted by molar-refractivity contribution is 5.79. The topological polar surface area (TPSA) is 66.6 Å². The Morgan fingerprint density at radius 2 is 2.25 bits per heavy atom. The summed E-state index contributed by atoms with van der Waals surface area (Å²) in [4.78, 5) is 13.9. The maximum Gasteiger partial charge on any atom is 0.227 e. The summed E-state index contributed by atoms with van der Waals surface area (Å²) in [6, 6.07) is 0. The number of hydrogen-bond donors (Lipinski definition) is 2. The maximum absolute atomic E-state index is 12.1. The number of piperidine rings is 1. The third kappa shape index (κ3) is 3.76. The number of carbonyl (C=O) groups is 1. The van der Waals surface area contributed by atoms with Crippen molar-refractivity contribution >= 4 is 5.91 Å². The molecule has 0 spiro atoms. The molecule has 1 aliphatic heterocycles. The molecule has 0 aromatic rings. The fourth-order valence-electron chi connectivity index (χ4n) is 2.28. The summed E-state index contributed by atoms with van der Waals surface area (Å²) >= 11 is 0. The summed E-state index contributed by atoms with van der Waals surface area (Å²) < 4.78 is 0. The molecule has 4 heteroatoms. The zero-order chi connectivity index (χ0) is 12.1. The van der Waals surface area contributed by atoms with Crippen molar-refractivity contribution < 1.29 is 9.90 Å². The molecule has 94 valence electrons. The van der Waals surface area contributed by atoms with E-state index in [1.807, 2.05) is 0 Å². The van der Waals surface area contributed by atoms with Gasteiger partial charge in [-0.2, -0.15) is 0 Å². The van der Waals surface area contributed by atoms with Crippen LogP contribution in [0.2, 0.25) is 0 Å². The van der Waals surface area contributed by atoms with Crippen molar-refractivity contribution in [3.05, 3.63) is 0 Å². The zero-order valence-corrected chi connectivity index (χ0v) is 10.4. The van der Waals surface area contributed by atoms with E-state index in [9.17, 15) is 9.90 Å². The predicted octanol–water partition coefficient (Wildman–Crippen LogP) is 0.591. The van der Waals surface area contributed by atoms with Crippen LogP contribution in [0.5, 0.6) is 0 Å². The Bertz CT molecular complexity index is 225. The van der Waals surface area contributed by atoms with Gasteiger partial charge >= 0.3 is 0 Å². The Morgan fingerprint density at radius 1 is 1.56 bits per heavy atom. The van der Waals surface area contributed by atoms with Crippen LogP contribution in [0.25, 0.3) is 0 Å². The first-order valence-electron chi connectivity index (χ1n) is 6.21. The van der Waals surface area contributed by atoms with E-state index in [0.717, 1.165) is 25.8 Å². The van der Waals surface area contributed by atoms with Gasteiger partial charge in [0.1, 0.15) is 0 Å². The highest BCUT2D eigenvalue weighted by atomic mass is 16.3. The van der Waals surface area contributed by atoms with Gasteiger partial charge in [0.05, 0.1) is 12.0 Å². The quantitative estimate of drug-likeness (QED) is 0.740. The third-order valence-corrected chi connectivity index (χ3v) is 3.10. The molecule has 0 aliphatic carbocycles. The molecule has 1 rings (SSSR count). The minimum absolute atomic E-state index is 0.0784. The van der Waals surface area contributed by atoms with Crippen LogP contribution in [-0.2, 0) is 4.79 Å². The Hall–Kier alpha value is -0.610.